The van der Waals surface area contributed by atoms with E-state index in [2.05, 4.69) is 22.1 Å². The number of nitrogens with zero attached hydrogens (tertiary/aromatic N) is 4. The first kappa shape index (κ1) is 21.2. The smallest absolute Gasteiger partial charge is 0.247 e. The van der Waals surface area contributed by atoms with Crippen LogP contribution < -0.4 is 9.64 Å². The summed E-state index contributed by atoms with van der Waals surface area (Å²) >= 11 is 1.44. The number of para-hydroxylation sites is 1. The normalized spacial score (nSPS) is 15.0. The largest absolute Gasteiger partial charge is 0.447 e. The van der Waals surface area contributed by atoms with Crippen LogP contribution in [0.3, 0.4) is 0 Å². The summed E-state index contributed by atoms with van der Waals surface area (Å²) in [5.41, 5.74) is 1.24. The van der Waals surface area contributed by atoms with Gasteiger partial charge in [-0.2, -0.15) is 4.98 Å². The number of benzene rings is 2. The Morgan fingerprint density at radius 1 is 1.16 bits per heavy atom. The molecule has 1 amide bonds. The highest BCUT2D eigenvalue weighted by molar-refractivity contribution is 7.99. The number of unbranched alkanes of at least 4 members (excludes halogenated alkanes) is 1. The molecule has 0 bridgehead atoms. The van der Waals surface area contributed by atoms with Gasteiger partial charge in [-0.3, -0.25) is 9.69 Å². The number of hydrogen-bond acceptors (Lipinski definition) is 6. The second-order valence-electron chi connectivity index (χ2n) is 6.97. The number of halogens is 2. The number of hydrogen-bond donors (Lipinski definition) is 0. The molecule has 0 radical (unpaired) electrons. The molecule has 4 rings (SSSR count). The Morgan fingerprint density at radius 2 is 1.97 bits per heavy atom. The van der Waals surface area contributed by atoms with Crippen LogP contribution in [-0.4, -0.2) is 26.8 Å². The SMILES string of the molecule is CCCCSc1nnc2c(n1)OC(c1cccc(F)c1F)N(C(C)=O)c1ccccc1-2. The van der Waals surface area contributed by atoms with Gasteiger partial charge in [0.15, 0.2) is 17.3 Å². The third kappa shape index (κ3) is 4.10. The van der Waals surface area contributed by atoms with Gasteiger partial charge in [0.05, 0.1) is 11.3 Å². The van der Waals surface area contributed by atoms with Crippen LogP contribution in [-0.2, 0) is 4.79 Å². The average Bonchev–Trinajstić information content (AvgIpc) is 2.90. The minimum Gasteiger partial charge on any atom is -0.447 e. The molecule has 0 fully saturated rings. The van der Waals surface area contributed by atoms with Gasteiger partial charge in [-0.15, -0.1) is 10.2 Å². The zero-order valence-electron chi connectivity index (χ0n) is 17.0. The molecule has 2 heterocycles. The first-order valence-electron chi connectivity index (χ1n) is 9.88. The second kappa shape index (κ2) is 8.97. The highest BCUT2D eigenvalue weighted by atomic mass is 32.2. The zero-order chi connectivity index (χ0) is 22.0. The van der Waals surface area contributed by atoms with E-state index in [4.69, 9.17) is 4.74 Å². The maximum Gasteiger partial charge on any atom is 0.247 e. The summed E-state index contributed by atoms with van der Waals surface area (Å²) in [6.07, 6.45) is 0.758. The number of carbonyl (C=O) groups is 1. The number of aromatic nitrogens is 3. The van der Waals surface area contributed by atoms with E-state index in [1.54, 1.807) is 24.3 Å². The molecule has 1 unspecified atom stereocenters. The summed E-state index contributed by atoms with van der Waals surface area (Å²) < 4.78 is 34.8. The number of ether oxygens (including phenoxy) is 1. The van der Waals surface area contributed by atoms with E-state index in [-0.39, 0.29) is 11.4 Å². The first-order valence-corrected chi connectivity index (χ1v) is 10.9. The molecule has 1 aliphatic rings. The molecule has 0 saturated carbocycles. The van der Waals surface area contributed by atoms with Crippen LogP contribution in [0.25, 0.3) is 11.3 Å². The predicted octanol–water partition coefficient (Wildman–Crippen LogP) is 5.15. The summed E-state index contributed by atoms with van der Waals surface area (Å²) in [4.78, 5) is 18.4. The number of fused-ring (bicyclic) bond motifs is 3. The Morgan fingerprint density at radius 3 is 2.74 bits per heavy atom. The lowest BCUT2D eigenvalue weighted by atomic mass is 10.1. The number of thioether (sulfide) groups is 1. The van der Waals surface area contributed by atoms with Crippen molar-refractivity contribution in [3.05, 3.63) is 59.7 Å². The molecule has 1 aromatic heterocycles. The average molecular weight is 442 g/mol. The maximum atomic E-state index is 14.7. The van der Waals surface area contributed by atoms with Gasteiger partial charge in [0.1, 0.15) is 0 Å². The lowest BCUT2D eigenvalue weighted by Gasteiger charge is -2.30. The molecule has 3 aromatic rings. The van der Waals surface area contributed by atoms with E-state index in [9.17, 15) is 13.6 Å². The minimum atomic E-state index is -1.26. The topological polar surface area (TPSA) is 68.2 Å². The number of rotatable bonds is 5. The fourth-order valence-electron chi connectivity index (χ4n) is 3.34. The molecule has 0 spiro atoms. The number of anilines is 1. The second-order valence-corrected chi connectivity index (χ2v) is 8.03. The molecule has 2 aromatic carbocycles. The van der Waals surface area contributed by atoms with E-state index in [1.165, 1.54) is 35.7 Å². The lowest BCUT2D eigenvalue weighted by molar-refractivity contribution is -0.118. The Bertz CT molecular complexity index is 1130. The van der Waals surface area contributed by atoms with Crippen LogP contribution in [0.1, 0.15) is 38.5 Å². The van der Waals surface area contributed by atoms with E-state index in [0.717, 1.165) is 24.7 Å². The molecule has 31 heavy (non-hydrogen) atoms. The summed E-state index contributed by atoms with van der Waals surface area (Å²) in [5, 5.41) is 8.90. The van der Waals surface area contributed by atoms with Crippen LogP contribution in [0, 0.1) is 11.6 Å². The van der Waals surface area contributed by atoms with Crippen molar-refractivity contribution in [1.29, 1.82) is 0 Å². The van der Waals surface area contributed by atoms with Crippen LogP contribution in [0.15, 0.2) is 47.6 Å². The molecule has 0 saturated heterocycles. The minimum absolute atomic E-state index is 0.110. The predicted molar refractivity (Wildman–Crippen MR) is 114 cm³/mol. The van der Waals surface area contributed by atoms with Crippen molar-refractivity contribution in [2.75, 3.05) is 10.7 Å². The van der Waals surface area contributed by atoms with Crippen molar-refractivity contribution in [3.8, 4) is 17.1 Å². The number of carbonyl (C=O) groups excluding carboxylic acids is 1. The van der Waals surface area contributed by atoms with E-state index in [1.807, 2.05) is 0 Å². The molecule has 1 atom stereocenters. The third-order valence-electron chi connectivity index (χ3n) is 4.83. The fraction of sp³-hybridized carbons (Fsp3) is 0.273. The Hall–Kier alpha value is -3.07. The van der Waals surface area contributed by atoms with Gasteiger partial charge in [0.2, 0.25) is 23.2 Å². The highest BCUT2D eigenvalue weighted by Gasteiger charge is 2.36. The Balaban J connectivity index is 1.89. The van der Waals surface area contributed by atoms with Crippen molar-refractivity contribution in [1.82, 2.24) is 15.2 Å². The Labute approximate surface area is 182 Å². The first-order chi connectivity index (χ1) is 15.0. The highest BCUT2D eigenvalue weighted by Crippen LogP contribution is 2.43. The van der Waals surface area contributed by atoms with Crippen molar-refractivity contribution in [2.24, 2.45) is 0 Å². The quantitative estimate of drug-likeness (QED) is 0.402. The van der Waals surface area contributed by atoms with Gasteiger partial charge in [-0.1, -0.05) is 55.4 Å². The summed E-state index contributed by atoms with van der Waals surface area (Å²) in [7, 11) is 0. The summed E-state index contributed by atoms with van der Waals surface area (Å²) in [6, 6.07) is 10.8. The van der Waals surface area contributed by atoms with Crippen LogP contribution >= 0.6 is 11.8 Å². The van der Waals surface area contributed by atoms with Crippen molar-refractivity contribution >= 4 is 23.4 Å². The lowest BCUT2D eigenvalue weighted by Crippen LogP contribution is -2.36. The molecule has 160 valence electrons. The molecule has 6 nitrogen and oxygen atoms in total. The van der Waals surface area contributed by atoms with E-state index < -0.39 is 23.8 Å². The number of amides is 1. The van der Waals surface area contributed by atoms with Gasteiger partial charge >= 0.3 is 0 Å². The van der Waals surface area contributed by atoms with Gasteiger partial charge in [-0.25, -0.2) is 8.78 Å². The maximum absolute atomic E-state index is 14.7. The standard InChI is InChI=1S/C22H20F2N4O2S/c1-3-4-12-31-22-25-20-19(26-27-22)14-8-5-6-11-17(14)28(13(2)29)21(30-20)15-9-7-10-16(23)18(15)24/h5-11,21H,3-4,12H2,1-2H3. The van der Waals surface area contributed by atoms with Crippen molar-refractivity contribution < 1.29 is 18.3 Å². The molecule has 9 heteroatoms. The summed E-state index contributed by atoms with van der Waals surface area (Å²) in [6.45, 7) is 3.43. The molecule has 0 N–H and O–H groups in total. The molecular weight excluding hydrogens is 422 g/mol. The zero-order valence-corrected chi connectivity index (χ0v) is 17.8. The Kier molecular flexibility index (Phi) is 6.13. The fourth-order valence-corrected chi connectivity index (χ4v) is 4.20. The van der Waals surface area contributed by atoms with E-state index >= 15 is 0 Å². The molecule has 0 aliphatic carbocycles. The van der Waals surface area contributed by atoms with Crippen LogP contribution in [0.5, 0.6) is 5.88 Å². The van der Waals surface area contributed by atoms with Gasteiger partial charge in [0, 0.05) is 18.2 Å². The monoisotopic (exact) mass is 442 g/mol. The van der Waals surface area contributed by atoms with Gasteiger partial charge in [-0.05, 0) is 18.6 Å². The molecule has 1 aliphatic heterocycles. The van der Waals surface area contributed by atoms with Gasteiger partial charge < -0.3 is 4.74 Å². The van der Waals surface area contributed by atoms with Gasteiger partial charge in [0.25, 0.3) is 0 Å². The van der Waals surface area contributed by atoms with Crippen molar-refractivity contribution in [3.63, 3.8) is 0 Å². The van der Waals surface area contributed by atoms with Crippen molar-refractivity contribution in [2.45, 2.75) is 38.1 Å². The van der Waals surface area contributed by atoms with E-state index in [0.29, 0.717) is 22.1 Å². The molecular formula is C22H20F2N4O2S. The summed E-state index contributed by atoms with van der Waals surface area (Å²) in [5.74, 6) is -1.59. The third-order valence-corrected chi connectivity index (χ3v) is 5.75. The van der Waals surface area contributed by atoms with Crippen LogP contribution in [0.2, 0.25) is 0 Å². The van der Waals surface area contributed by atoms with Crippen LogP contribution in [0.4, 0.5) is 14.5 Å².